The Morgan fingerprint density at radius 2 is 2.00 bits per heavy atom. The Labute approximate surface area is 164 Å². The fourth-order valence-corrected chi connectivity index (χ4v) is 3.23. The first kappa shape index (κ1) is 20.8. The largest absolute Gasteiger partial charge is 0.573 e. The van der Waals surface area contributed by atoms with E-state index in [1.54, 1.807) is 19.1 Å². The molecule has 0 aliphatic carbocycles. The molecule has 0 spiro atoms. The van der Waals surface area contributed by atoms with Crippen molar-refractivity contribution in [3.8, 4) is 5.75 Å². The number of carbonyl (C=O) groups is 1. The van der Waals surface area contributed by atoms with Crippen LogP contribution < -0.4 is 10.1 Å². The number of anilines is 1. The van der Waals surface area contributed by atoms with Gasteiger partial charge in [-0.2, -0.15) is 0 Å². The van der Waals surface area contributed by atoms with E-state index in [9.17, 15) is 18.0 Å². The lowest BCUT2D eigenvalue weighted by molar-refractivity contribution is -0.274. The molecule has 2 aromatic rings. The zero-order valence-corrected chi connectivity index (χ0v) is 15.6. The molecule has 2 atom stereocenters. The zero-order valence-electron chi connectivity index (χ0n) is 15.6. The number of carboxylic acid groups (broad SMARTS) is 1. The number of nitrogens with one attached hydrogen (secondary N) is 1. The highest BCUT2D eigenvalue weighted by molar-refractivity contribution is 5.88. The molecule has 1 aromatic heterocycles. The number of aromatic nitrogens is 2. The third-order valence-corrected chi connectivity index (χ3v) is 4.62. The standard InChI is InChI=1S/C19H20F3N3O4/c1-11-16(18(26)27)24-10-25-17(11)23-9-14-3-2-4-15(28-14)12-5-7-13(8-6-12)29-19(20,21)22/h5-8,10,14-15H,2-4,9H2,1H3,(H,26,27)(H,23,24,25)/t14-,15+/m1/s1. The molecule has 0 saturated carbocycles. The maximum absolute atomic E-state index is 12.3. The Morgan fingerprint density at radius 3 is 2.66 bits per heavy atom. The number of hydrogen-bond acceptors (Lipinski definition) is 6. The molecule has 1 aliphatic rings. The number of carboxylic acids is 1. The lowest BCUT2D eigenvalue weighted by Gasteiger charge is -2.31. The summed E-state index contributed by atoms with van der Waals surface area (Å²) in [5.41, 5.74) is 1.15. The molecule has 10 heteroatoms. The maximum atomic E-state index is 12.3. The number of nitrogens with zero attached hydrogens (tertiary/aromatic N) is 2. The van der Waals surface area contributed by atoms with Crippen LogP contribution in [0.1, 0.15) is 47.0 Å². The quantitative estimate of drug-likeness (QED) is 0.739. The number of alkyl halides is 3. The van der Waals surface area contributed by atoms with E-state index in [1.165, 1.54) is 18.5 Å². The Bertz CT molecular complexity index is 859. The summed E-state index contributed by atoms with van der Waals surface area (Å²) in [5, 5.41) is 12.2. The lowest BCUT2D eigenvalue weighted by Crippen LogP contribution is -2.29. The van der Waals surface area contributed by atoms with Gasteiger partial charge in [0.2, 0.25) is 0 Å². The summed E-state index contributed by atoms with van der Waals surface area (Å²) in [6.45, 7) is 2.05. The third kappa shape index (κ3) is 5.57. The Morgan fingerprint density at radius 1 is 1.28 bits per heavy atom. The summed E-state index contributed by atoms with van der Waals surface area (Å²) in [7, 11) is 0. The molecule has 0 amide bonds. The first-order chi connectivity index (χ1) is 13.7. The van der Waals surface area contributed by atoms with Crippen LogP contribution in [0.25, 0.3) is 0 Å². The van der Waals surface area contributed by atoms with E-state index < -0.39 is 12.3 Å². The van der Waals surface area contributed by atoms with Crippen molar-refractivity contribution in [3.05, 3.63) is 47.4 Å². The van der Waals surface area contributed by atoms with Gasteiger partial charge in [0.25, 0.3) is 0 Å². The van der Waals surface area contributed by atoms with E-state index >= 15 is 0 Å². The van der Waals surface area contributed by atoms with Gasteiger partial charge in [0.1, 0.15) is 17.9 Å². The summed E-state index contributed by atoms with van der Waals surface area (Å²) >= 11 is 0. The van der Waals surface area contributed by atoms with Crippen molar-refractivity contribution >= 4 is 11.8 Å². The summed E-state index contributed by atoms with van der Waals surface area (Å²) < 4.78 is 46.8. The highest BCUT2D eigenvalue weighted by atomic mass is 19.4. The van der Waals surface area contributed by atoms with Gasteiger partial charge < -0.3 is 19.9 Å². The van der Waals surface area contributed by atoms with Crippen LogP contribution >= 0.6 is 0 Å². The normalized spacial score (nSPS) is 19.6. The number of ether oxygens (including phenoxy) is 2. The molecule has 2 N–H and O–H groups in total. The van der Waals surface area contributed by atoms with Crippen molar-refractivity contribution in [1.29, 1.82) is 0 Å². The van der Waals surface area contributed by atoms with Gasteiger partial charge in [-0.05, 0) is 43.9 Å². The smallest absolute Gasteiger partial charge is 0.476 e. The van der Waals surface area contributed by atoms with Gasteiger partial charge in [-0.1, -0.05) is 12.1 Å². The third-order valence-electron chi connectivity index (χ3n) is 4.62. The van der Waals surface area contributed by atoms with Gasteiger partial charge >= 0.3 is 12.3 Å². The van der Waals surface area contributed by atoms with Crippen LogP contribution in [0.5, 0.6) is 5.75 Å². The highest BCUT2D eigenvalue weighted by Crippen LogP contribution is 2.33. The van der Waals surface area contributed by atoms with Crippen molar-refractivity contribution in [2.75, 3.05) is 11.9 Å². The van der Waals surface area contributed by atoms with Crippen LogP contribution in [-0.4, -0.2) is 40.1 Å². The predicted molar refractivity (Wildman–Crippen MR) is 96.8 cm³/mol. The van der Waals surface area contributed by atoms with Gasteiger partial charge in [0, 0.05) is 12.1 Å². The second-order valence-corrected chi connectivity index (χ2v) is 6.68. The lowest BCUT2D eigenvalue weighted by atomic mass is 9.98. The fourth-order valence-electron chi connectivity index (χ4n) is 3.23. The number of rotatable bonds is 6. The molecule has 3 rings (SSSR count). The molecule has 1 fully saturated rings. The van der Waals surface area contributed by atoms with E-state index in [1.807, 2.05) is 0 Å². The Balaban J connectivity index is 1.60. The average molecular weight is 411 g/mol. The Kier molecular flexibility index (Phi) is 6.21. The SMILES string of the molecule is Cc1c(NC[C@H]2CCC[C@@H](c3ccc(OC(F)(F)F)cc3)O2)ncnc1C(=O)O. The van der Waals surface area contributed by atoms with Crippen molar-refractivity contribution < 1.29 is 32.5 Å². The first-order valence-corrected chi connectivity index (χ1v) is 9.03. The van der Waals surface area contributed by atoms with Gasteiger partial charge in [-0.25, -0.2) is 14.8 Å². The van der Waals surface area contributed by atoms with Gasteiger partial charge in [-0.15, -0.1) is 13.2 Å². The van der Waals surface area contributed by atoms with Gasteiger partial charge in [-0.3, -0.25) is 0 Å². The highest BCUT2D eigenvalue weighted by Gasteiger charge is 2.31. The molecule has 29 heavy (non-hydrogen) atoms. The predicted octanol–water partition coefficient (Wildman–Crippen LogP) is 4.10. The fraction of sp³-hybridized carbons (Fsp3) is 0.421. The van der Waals surface area contributed by atoms with Crippen LogP contribution in [0, 0.1) is 6.92 Å². The second-order valence-electron chi connectivity index (χ2n) is 6.68. The number of aromatic carboxylic acids is 1. The van der Waals surface area contributed by atoms with Gasteiger partial charge in [0.05, 0.1) is 12.2 Å². The molecule has 0 radical (unpaired) electrons. The van der Waals surface area contributed by atoms with E-state index in [0.717, 1.165) is 24.8 Å². The molecule has 1 aromatic carbocycles. The van der Waals surface area contributed by atoms with Crippen LogP contribution in [0.3, 0.4) is 0 Å². The molecule has 1 saturated heterocycles. The number of benzene rings is 1. The van der Waals surface area contributed by atoms with Crippen LogP contribution in [0.4, 0.5) is 19.0 Å². The summed E-state index contributed by atoms with van der Waals surface area (Å²) in [5.74, 6) is -0.972. The molecule has 1 aliphatic heterocycles. The van der Waals surface area contributed by atoms with Gasteiger partial charge in [0.15, 0.2) is 5.69 Å². The monoisotopic (exact) mass is 411 g/mol. The average Bonchev–Trinajstić information content (AvgIpc) is 2.66. The summed E-state index contributed by atoms with van der Waals surface area (Å²) in [6, 6.07) is 5.67. The van der Waals surface area contributed by atoms with Crippen LogP contribution in [-0.2, 0) is 4.74 Å². The minimum Gasteiger partial charge on any atom is -0.476 e. The van der Waals surface area contributed by atoms with E-state index in [0.29, 0.717) is 17.9 Å². The molecule has 7 nitrogen and oxygen atoms in total. The van der Waals surface area contributed by atoms with Crippen molar-refractivity contribution in [3.63, 3.8) is 0 Å². The maximum Gasteiger partial charge on any atom is 0.573 e. The zero-order chi connectivity index (χ0) is 21.0. The van der Waals surface area contributed by atoms with Crippen molar-refractivity contribution in [2.45, 2.75) is 44.8 Å². The molecule has 0 unspecified atom stereocenters. The Hall–Kier alpha value is -2.88. The van der Waals surface area contributed by atoms with Crippen LogP contribution in [0.15, 0.2) is 30.6 Å². The first-order valence-electron chi connectivity index (χ1n) is 9.03. The topological polar surface area (TPSA) is 93.6 Å². The summed E-state index contributed by atoms with van der Waals surface area (Å²) in [6.07, 6.45) is -1.48. The van der Waals surface area contributed by atoms with Crippen LogP contribution in [0.2, 0.25) is 0 Å². The minimum atomic E-state index is -4.72. The molecule has 156 valence electrons. The molecular weight excluding hydrogens is 391 g/mol. The van der Waals surface area contributed by atoms with Crippen molar-refractivity contribution in [1.82, 2.24) is 9.97 Å². The molecule has 2 heterocycles. The van der Waals surface area contributed by atoms with E-state index in [-0.39, 0.29) is 23.7 Å². The number of hydrogen-bond donors (Lipinski definition) is 2. The van der Waals surface area contributed by atoms with E-state index in [4.69, 9.17) is 9.84 Å². The molecule has 0 bridgehead atoms. The minimum absolute atomic E-state index is 0.0638. The van der Waals surface area contributed by atoms with Crippen molar-refractivity contribution in [2.24, 2.45) is 0 Å². The molecular formula is C19H20F3N3O4. The number of halogens is 3. The van der Waals surface area contributed by atoms with E-state index in [2.05, 4.69) is 20.0 Å². The summed E-state index contributed by atoms with van der Waals surface area (Å²) in [4.78, 5) is 19.0. The second kappa shape index (κ2) is 8.64.